The maximum atomic E-state index is 5.59. The van der Waals surface area contributed by atoms with Crippen molar-refractivity contribution in [2.24, 2.45) is 0 Å². The molecule has 1 aromatic heterocycles. The molecule has 0 unspecified atom stereocenters. The lowest BCUT2D eigenvalue weighted by Gasteiger charge is -2.08. The number of aromatic nitrogens is 3. The number of hydrogen-bond donors (Lipinski definition) is 1. The quantitative estimate of drug-likeness (QED) is 0.718. The fraction of sp³-hybridized carbons (Fsp3) is 0.385. The van der Waals surface area contributed by atoms with E-state index in [9.17, 15) is 0 Å². The molecule has 0 aliphatic rings. The highest BCUT2D eigenvalue weighted by atomic mass is 16.5. The van der Waals surface area contributed by atoms with E-state index in [1.807, 2.05) is 30.5 Å². The Morgan fingerprint density at radius 2 is 1.95 bits per heavy atom. The van der Waals surface area contributed by atoms with Crippen LogP contribution in [-0.4, -0.2) is 41.8 Å². The molecule has 1 aromatic carbocycles. The zero-order valence-electron chi connectivity index (χ0n) is 11.0. The van der Waals surface area contributed by atoms with Crippen LogP contribution in [0.1, 0.15) is 0 Å². The van der Waals surface area contributed by atoms with Gasteiger partial charge in [-0.05, 0) is 24.3 Å². The van der Waals surface area contributed by atoms with Gasteiger partial charge in [0.25, 0.3) is 0 Å². The second-order valence-corrected chi connectivity index (χ2v) is 3.94. The van der Waals surface area contributed by atoms with Gasteiger partial charge >= 0.3 is 0 Å². The van der Waals surface area contributed by atoms with E-state index in [1.165, 1.54) is 0 Å². The van der Waals surface area contributed by atoms with Crippen LogP contribution in [0.3, 0.4) is 0 Å². The molecule has 1 heterocycles. The molecule has 19 heavy (non-hydrogen) atoms. The lowest BCUT2D eigenvalue weighted by Crippen LogP contribution is -2.25. The molecular formula is C13H18N4O2. The molecule has 0 atom stereocenters. The summed E-state index contributed by atoms with van der Waals surface area (Å²) >= 11 is 0. The first-order valence-electron chi connectivity index (χ1n) is 6.20. The first-order chi connectivity index (χ1) is 9.38. The second-order valence-electron chi connectivity index (χ2n) is 3.94. The third-order valence-corrected chi connectivity index (χ3v) is 2.60. The summed E-state index contributed by atoms with van der Waals surface area (Å²) in [6.45, 7) is 3.07. The van der Waals surface area contributed by atoms with E-state index >= 15 is 0 Å². The summed E-state index contributed by atoms with van der Waals surface area (Å²) in [4.78, 5) is 0. The van der Waals surface area contributed by atoms with Gasteiger partial charge in [0.05, 0.1) is 19.9 Å². The summed E-state index contributed by atoms with van der Waals surface area (Å²) in [5.41, 5.74) is 0. The fourth-order valence-electron chi connectivity index (χ4n) is 1.58. The number of methoxy groups -OCH3 is 1. The minimum Gasteiger partial charge on any atom is -0.497 e. The van der Waals surface area contributed by atoms with Crippen LogP contribution in [0.4, 0.5) is 0 Å². The Morgan fingerprint density at radius 1 is 1.16 bits per heavy atom. The van der Waals surface area contributed by atoms with E-state index in [2.05, 4.69) is 15.6 Å². The minimum atomic E-state index is 0.629. The van der Waals surface area contributed by atoms with Gasteiger partial charge in [0.2, 0.25) is 0 Å². The Bertz CT molecular complexity index is 456. The number of ether oxygens (including phenoxy) is 2. The molecule has 2 aromatic rings. The van der Waals surface area contributed by atoms with Crippen molar-refractivity contribution >= 4 is 0 Å². The van der Waals surface area contributed by atoms with E-state index in [-0.39, 0.29) is 0 Å². The van der Waals surface area contributed by atoms with Gasteiger partial charge in [0, 0.05) is 19.3 Å². The molecule has 0 radical (unpaired) electrons. The van der Waals surface area contributed by atoms with Gasteiger partial charge in [-0.2, -0.15) is 0 Å². The molecule has 0 fully saturated rings. The van der Waals surface area contributed by atoms with Gasteiger partial charge in [0.1, 0.15) is 18.1 Å². The largest absolute Gasteiger partial charge is 0.497 e. The van der Waals surface area contributed by atoms with Crippen LogP contribution in [0.2, 0.25) is 0 Å². The molecule has 1 N–H and O–H groups in total. The van der Waals surface area contributed by atoms with E-state index in [1.54, 1.807) is 18.0 Å². The highest BCUT2D eigenvalue weighted by molar-refractivity contribution is 5.31. The summed E-state index contributed by atoms with van der Waals surface area (Å²) in [5.74, 6) is 1.68. The van der Waals surface area contributed by atoms with Gasteiger partial charge in [-0.15, -0.1) is 5.10 Å². The van der Waals surface area contributed by atoms with E-state index in [0.29, 0.717) is 6.61 Å². The molecule has 0 bridgehead atoms. The topological polar surface area (TPSA) is 61.2 Å². The minimum absolute atomic E-state index is 0.629. The summed E-state index contributed by atoms with van der Waals surface area (Å²) < 4.78 is 12.5. The average Bonchev–Trinajstić information content (AvgIpc) is 2.96. The van der Waals surface area contributed by atoms with E-state index < -0.39 is 0 Å². The molecule has 6 nitrogen and oxygen atoms in total. The summed E-state index contributed by atoms with van der Waals surface area (Å²) in [6.07, 6.45) is 3.52. The van der Waals surface area contributed by atoms with E-state index in [4.69, 9.17) is 9.47 Å². The smallest absolute Gasteiger partial charge is 0.119 e. The van der Waals surface area contributed by atoms with E-state index in [0.717, 1.165) is 31.1 Å². The van der Waals surface area contributed by atoms with Gasteiger partial charge in [-0.3, -0.25) is 4.68 Å². The molecule has 0 aliphatic carbocycles. The van der Waals surface area contributed by atoms with Crippen LogP contribution >= 0.6 is 0 Å². The van der Waals surface area contributed by atoms with Crippen molar-refractivity contribution in [2.75, 3.05) is 26.8 Å². The lowest BCUT2D eigenvalue weighted by atomic mass is 10.3. The SMILES string of the molecule is COc1ccc(OCCNCCn2ccnn2)cc1. The molecule has 0 saturated carbocycles. The Labute approximate surface area is 112 Å². The standard InChI is InChI=1S/C13H18N4O2/c1-18-12-2-4-13(5-3-12)19-11-8-14-6-9-17-10-7-15-16-17/h2-5,7,10,14H,6,8-9,11H2,1H3. The van der Waals surface area contributed by atoms with Crippen molar-refractivity contribution in [1.82, 2.24) is 20.3 Å². The number of rotatable bonds is 8. The molecular weight excluding hydrogens is 244 g/mol. The van der Waals surface area contributed by atoms with Crippen LogP contribution < -0.4 is 14.8 Å². The number of nitrogens with zero attached hydrogens (tertiary/aromatic N) is 3. The van der Waals surface area contributed by atoms with Crippen molar-refractivity contribution < 1.29 is 9.47 Å². The molecule has 0 amide bonds. The molecule has 0 spiro atoms. The third kappa shape index (κ3) is 4.59. The second kappa shape index (κ2) is 7.38. The molecule has 6 heteroatoms. The fourth-order valence-corrected chi connectivity index (χ4v) is 1.58. The molecule has 102 valence electrons. The highest BCUT2D eigenvalue weighted by Gasteiger charge is 1.95. The maximum Gasteiger partial charge on any atom is 0.119 e. The summed E-state index contributed by atoms with van der Waals surface area (Å²) in [5, 5.41) is 10.9. The summed E-state index contributed by atoms with van der Waals surface area (Å²) in [6, 6.07) is 7.56. The van der Waals surface area contributed by atoms with Crippen LogP contribution in [0.25, 0.3) is 0 Å². The van der Waals surface area contributed by atoms with Crippen molar-refractivity contribution in [3.8, 4) is 11.5 Å². The monoisotopic (exact) mass is 262 g/mol. The normalized spacial score (nSPS) is 10.4. The predicted molar refractivity (Wildman–Crippen MR) is 71.4 cm³/mol. The van der Waals surface area contributed by atoms with Crippen molar-refractivity contribution in [3.63, 3.8) is 0 Å². The van der Waals surface area contributed by atoms with Crippen LogP contribution in [0.5, 0.6) is 11.5 Å². The Balaban J connectivity index is 1.56. The summed E-state index contributed by atoms with van der Waals surface area (Å²) in [7, 11) is 1.65. The van der Waals surface area contributed by atoms with Crippen molar-refractivity contribution in [3.05, 3.63) is 36.7 Å². The van der Waals surface area contributed by atoms with Gasteiger partial charge in [-0.1, -0.05) is 5.21 Å². The van der Waals surface area contributed by atoms with Crippen molar-refractivity contribution in [1.29, 1.82) is 0 Å². The van der Waals surface area contributed by atoms with Crippen LogP contribution in [-0.2, 0) is 6.54 Å². The first kappa shape index (κ1) is 13.4. The number of hydrogen-bond acceptors (Lipinski definition) is 5. The van der Waals surface area contributed by atoms with Crippen molar-refractivity contribution in [2.45, 2.75) is 6.54 Å². The number of nitrogens with one attached hydrogen (secondary N) is 1. The third-order valence-electron chi connectivity index (χ3n) is 2.60. The molecule has 2 rings (SSSR count). The van der Waals surface area contributed by atoms with Crippen LogP contribution in [0, 0.1) is 0 Å². The zero-order valence-corrected chi connectivity index (χ0v) is 11.0. The lowest BCUT2D eigenvalue weighted by molar-refractivity contribution is 0.311. The predicted octanol–water partition coefficient (Wildman–Crippen LogP) is 0.955. The Morgan fingerprint density at radius 3 is 2.63 bits per heavy atom. The van der Waals surface area contributed by atoms with Gasteiger partial charge < -0.3 is 14.8 Å². The average molecular weight is 262 g/mol. The highest BCUT2D eigenvalue weighted by Crippen LogP contribution is 2.16. The molecule has 0 aliphatic heterocycles. The number of benzene rings is 1. The van der Waals surface area contributed by atoms with Gasteiger partial charge in [-0.25, -0.2) is 0 Å². The Kier molecular flexibility index (Phi) is 5.18. The van der Waals surface area contributed by atoms with Crippen LogP contribution in [0.15, 0.2) is 36.7 Å². The zero-order chi connectivity index (χ0) is 13.3. The first-order valence-corrected chi connectivity index (χ1v) is 6.20. The Hall–Kier alpha value is -2.08. The molecule has 0 saturated heterocycles. The van der Waals surface area contributed by atoms with Gasteiger partial charge in [0.15, 0.2) is 0 Å². The maximum absolute atomic E-state index is 5.59.